The summed E-state index contributed by atoms with van der Waals surface area (Å²) in [6.07, 6.45) is 0.930. The van der Waals surface area contributed by atoms with Crippen molar-refractivity contribution in [2.75, 3.05) is 37.6 Å². The third kappa shape index (κ3) is 4.81. The number of fused-ring (bicyclic) bond motifs is 1. The average Bonchev–Trinajstić information content (AvgIpc) is 3.08. The number of benzene rings is 1. The van der Waals surface area contributed by atoms with E-state index in [1.165, 1.54) is 6.33 Å². The van der Waals surface area contributed by atoms with Gasteiger partial charge in [-0.2, -0.15) is 0 Å². The van der Waals surface area contributed by atoms with Gasteiger partial charge in [0.25, 0.3) is 0 Å². The molecule has 4 rings (SSSR count). The molecule has 1 saturated heterocycles. The number of alkyl halides is 1. The summed E-state index contributed by atoms with van der Waals surface area (Å²) in [5.74, 6) is 0.860. The van der Waals surface area contributed by atoms with Crippen molar-refractivity contribution in [3.05, 3.63) is 51.9 Å². The molecule has 1 amide bonds. The Bertz CT molecular complexity index is 946. The van der Waals surface area contributed by atoms with E-state index in [1.807, 2.05) is 36.1 Å². The second kappa shape index (κ2) is 9.83. The van der Waals surface area contributed by atoms with Gasteiger partial charge in [-0.05, 0) is 30.0 Å². The Morgan fingerprint density at radius 3 is 2.53 bits per heavy atom. The summed E-state index contributed by atoms with van der Waals surface area (Å²) in [6.45, 7) is 9.44. The van der Waals surface area contributed by atoms with Crippen LogP contribution in [0.5, 0.6) is 0 Å². The highest BCUT2D eigenvalue weighted by Crippen LogP contribution is 2.44. The van der Waals surface area contributed by atoms with E-state index in [-0.39, 0.29) is 17.7 Å². The molecule has 1 aromatic carbocycles. The van der Waals surface area contributed by atoms with Crippen molar-refractivity contribution in [3.63, 3.8) is 0 Å². The lowest BCUT2D eigenvalue weighted by atomic mass is 9.96. The minimum absolute atomic E-state index is 0.111. The lowest BCUT2D eigenvalue weighted by Gasteiger charge is -2.38. The van der Waals surface area contributed by atoms with Gasteiger partial charge >= 0.3 is 0 Å². The van der Waals surface area contributed by atoms with Gasteiger partial charge in [-0.3, -0.25) is 4.79 Å². The van der Waals surface area contributed by atoms with Crippen LogP contribution in [0.1, 0.15) is 62.0 Å². The molecule has 6 nitrogen and oxygen atoms in total. The number of nitrogens with zero attached hydrogens (tertiary/aromatic N) is 4. The zero-order valence-corrected chi connectivity index (χ0v) is 20.5. The van der Waals surface area contributed by atoms with Crippen LogP contribution in [-0.4, -0.2) is 59.5 Å². The van der Waals surface area contributed by atoms with Crippen LogP contribution in [-0.2, 0) is 4.79 Å². The number of hydrogen-bond donors (Lipinski definition) is 1. The Kier molecular flexibility index (Phi) is 7.10. The third-order valence-electron chi connectivity index (χ3n) is 6.44. The lowest BCUT2D eigenvalue weighted by Crippen LogP contribution is -2.51. The van der Waals surface area contributed by atoms with Gasteiger partial charge < -0.3 is 15.1 Å². The van der Waals surface area contributed by atoms with Gasteiger partial charge in [-0.15, -0.1) is 0 Å². The number of nitrogens with one attached hydrogen (secondary N) is 1. The van der Waals surface area contributed by atoms with Crippen LogP contribution < -0.4 is 10.2 Å². The highest BCUT2D eigenvalue weighted by molar-refractivity contribution is 9.10. The van der Waals surface area contributed by atoms with E-state index in [1.54, 1.807) is 0 Å². The van der Waals surface area contributed by atoms with E-state index in [9.17, 15) is 9.18 Å². The summed E-state index contributed by atoms with van der Waals surface area (Å²) in [7, 11) is 0. The van der Waals surface area contributed by atoms with Crippen molar-refractivity contribution in [1.29, 1.82) is 0 Å². The standard InChI is InChI=1S/C24H31BrFN5O/c1-15(2)27-13-19(17-4-6-18(25)7-5-17)24(32)31-10-8-30(9-11-31)23-21-16(3)12-20(26)22(21)28-14-29-23/h4-7,14-16,19-20,27H,8-13H2,1-3H3/t16-,19?,20+/m1/s1. The normalized spacial score (nSPS) is 21.7. The molecule has 172 valence electrons. The van der Waals surface area contributed by atoms with E-state index in [2.05, 4.69) is 50.0 Å². The topological polar surface area (TPSA) is 61.4 Å². The van der Waals surface area contributed by atoms with Gasteiger partial charge in [0.2, 0.25) is 5.91 Å². The van der Waals surface area contributed by atoms with Crippen LogP contribution in [0, 0.1) is 0 Å². The molecular weight excluding hydrogens is 473 g/mol. The molecular formula is C24H31BrFN5O. The number of amides is 1. The van der Waals surface area contributed by atoms with Gasteiger partial charge in [0.1, 0.15) is 18.3 Å². The summed E-state index contributed by atoms with van der Waals surface area (Å²) in [6, 6.07) is 8.31. The molecule has 2 aliphatic rings. The summed E-state index contributed by atoms with van der Waals surface area (Å²) in [4.78, 5) is 26.3. The fraction of sp³-hybridized carbons (Fsp3) is 0.542. The van der Waals surface area contributed by atoms with Gasteiger partial charge in [0, 0.05) is 48.8 Å². The molecule has 1 N–H and O–H groups in total. The maximum Gasteiger partial charge on any atom is 0.231 e. The maximum absolute atomic E-state index is 14.3. The quantitative estimate of drug-likeness (QED) is 0.640. The largest absolute Gasteiger partial charge is 0.353 e. The highest BCUT2D eigenvalue weighted by atomic mass is 79.9. The first-order chi connectivity index (χ1) is 15.3. The Morgan fingerprint density at radius 2 is 1.88 bits per heavy atom. The molecule has 32 heavy (non-hydrogen) atoms. The van der Waals surface area contributed by atoms with E-state index in [0.29, 0.717) is 50.9 Å². The maximum atomic E-state index is 14.3. The van der Waals surface area contributed by atoms with Crippen molar-refractivity contribution in [2.45, 2.75) is 51.2 Å². The fourth-order valence-corrected chi connectivity index (χ4v) is 4.93. The van der Waals surface area contributed by atoms with Crippen LogP contribution in [0.4, 0.5) is 10.2 Å². The zero-order valence-electron chi connectivity index (χ0n) is 18.9. The number of hydrogen-bond acceptors (Lipinski definition) is 5. The zero-order chi connectivity index (χ0) is 22.8. The number of piperazine rings is 1. The second-order valence-electron chi connectivity index (χ2n) is 9.08. The van der Waals surface area contributed by atoms with Crippen LogP contribution >= 0.6 is 15.9 Å². The Labute approximate surface area is 197 Å². The average molecular weight is 504 g/mol. The third-order valence-corrected chi connectivity index (χ3v) is 6.96. The van der Waals surface area contributed by atoms with Crippen LogP contribution in [0.3, 0.4) is 0 Å². The monoisotopic (exact) mass is 503 g/mol. The first kappa shape index (κ1) is 23.1. The second-order valence-corrected chi connectivity index (χ2v) is 10.00. The molecule has 0 bridgehead atoms. The molecule has 0 radical (unpaired) electrons. The number of aromatic nitrogens is 2. The molecule has 1 fully saturated rings. The summed E-state index contributed by atoms with van der Waals surface area (Å²) in [5.41, 5.74) is 2.50. The van der Waals surface area contributed by atoms with Crippen LogP contribution in [0.25, 0.3) is 0 Å². The molecule has 2 aromatic rings. The van der Waals surface area contributed by atoms with Crippen molar-refractivity contribution >= 4 is 27.7 Å². The fourth-order valence-electron chi connectivity index (χ4n) is 4.67. The number of carbonyl (C=O) groups is 1. The Hall–Kier alpha value is -2.06. The van der Waals surface area contributed by atoms with Crippen molar-refractivity contribution in [3.8, 4) is 0 Å². The van der Waals surface area contributed by atoms with E-state index < -0.39 is 6.17 Å². The van der Waals surface area contributed by atoms with Gasteiger partial charge in [0.15, 0.2) is 0 Å². The summed E-state index contributed by atoms with van der Waals surface area (Å²) >= 11 is 3.48. The van der Waals surface area contributed by atoms with Crippen LogP contribution in [0.2, 0.25) is 0 Å². The summed E-state index contributed by atoms with van der Waals surface area (Å²) in [5, 5.41) is 3.43. The minimum Gasteiger partial charge on any atom is -0.353 e. The van der Waals surface area contributed by atoms with Gasteiger partial charge in [-0.25, -0.2) is 14.4 Å². The SMILES string of the molecule is CC(C)NCC(C(=O)N1CCN(c2ncnc3c2[C@H](C)C[C@@H]3F)CC1)c1ccc(Br)cc1. The Morgan fingerprint density at radius 1 is 1.19 bits per heavy atom. The van der Waals surface area contributed by atoms with E-state index in [0.717, 1.165) is 21.4 Å². The summed E-state index contributed by atoms with van der Waals surface area (Å²) < 4.78 is 15.3. The molecule has 2 heterocycles. The molecule has 0 spiro atoms. The van der Waals surface area contributed by atoms with Crippen molar-refractivity contribution < 1.29 is 9.18 Å². The van der Waals surface area contributed by atoms with Crippen molar-refractivity contribution in [1.82, 2.24) is 20.2 Å². The predicted octanol–water partition coefficient (Wildman–Crippen LogP) is 4.19. The van der Waals surface area contributed by atoms with Crippen LogP contribution in [0.15, 0.2) is 35.1 Å². The number of halogens is 2. The first-order valence-electron chi connectivity index (χ1n) is 11.4. The Balaban J connectivity index is 1.47. The molecule has 1 unspecified atom stereocenters. The van der Waals surface area contributed by atoms with Crippen molar-refractivity contribution in [2.24, 2.45) is 0 Å². The molecule has 0 saturated carbocycles. The van der Waals surface area contributed by atoms with Gasteiger partial charge in [0.05, 0.1) is 11.6 Å². The van der Waals surface area contributed by atoms with E-state index in [4.69, 9.17) is 0 Å². The minimum atomic E-state index is -1.01. The molecule has 1 aromatic heterocycles. The predicted molar refractivity (Wildman–Crippen MR) is 128 cm³/mol. The number of anilines is 1. The smallest absolute Gasteiger partial charge is 0.231 e. The molecule has 1 aliphatic carbocycles. The van der Waals surface area contributed by atoms with Gasteiger partial charge in [-0.1, -0.05) is 48.8 Å². The first-order valence-corrected chi connectivity index (χ1v) is 12.2. The highest BCUT2D eigenvalue weighted by Gasteiger charge is 2.35. The lowest BCUT2D eigenvalue weighted by molar-refractivity contribution is -0.133. The molecule has 3 atom stereocenters. The molecule has 8 heteroatoms. The molecule has 1 aliphatic heterocycles. The van der Waals surface area contributed by atoms with E-state index >= 15 is 0 Å². The number of rotatable bonds is 6. The number of carbonyl (C=O) groups excluding carboxylic acids is 1.